The van der Waals surface area contributed by atoms with E-state index in [9.17, 15) is 18.0 Å². The Morgan fingerprint density at radius 2 is 1.78 bits per heavy atom. The number of nitrogens with zero attached hydrogens (tertiary/aromatic N) is 1. The molecular formula is C15H17F3N2O3. The first-order valence-corrected chi connectivity index (χ1v) is 7.37. The minimum Gasteiger partial charge on any atom is -0.379 e. The fourth-order valence-electron chi connectivity index (χ4n) is 2.69. The number of carbonyl (C=O) groups excluding carboxylic acids is 1. The maximum absolute atomic E-state index is 12.6. The standard InChI is InChI=1S/C15H17F3N2O3/c16-15(17,18)11-3-1-10(2-4-11)12-9-19-13(21)14(23-12)20-5-7-22-8-6-20/h1-4,12,14H,5-9H2,(H,19,21). The van der Waals surface area contributed by atoms with Crippen LogP contribution in [0.25, 0.3) is 0 Å². The molecule has 2 atom stereocenters. The Morgan fingerprint density at radius 1 is 1.13 bits per heavy atom. The predicted molar refractivity (Wildman–Crippen MR) is 74.5 cm³/mol. The number of amides is 1. The van der Waals surface area contributed by atoms with Crippen molar-refractivity contribution in [1.82, 2.24) is 10.2 Å². The second-order valence-electron chi connectivity index (χ2n) is 5.49. The molecule has 2 heterocycles. The van der Waals surface area contributed by atoms with Crippen LogP contribution >= 0.6 is 0 Å². The van der Waals surface area contributed by atoms with Crippen molar-refractivity contribution in [3.63, 3.8) is 0 Å². The van der Waals surface area contributed by atoms with E-state index in [1.807, 2.05) is 4.90 Å². The largest absolute Gasteiger partial charge is 0.416 e. The van der Waals surface area contributed by atoms with Crippen molar-refractivity contribution in [2.24, 2.45) is 0 Å². The van der Waals surface area contributed by atoms with Crippen LogP contribution < -0.4 is 5.32 Å². The van der Waals surface area contributed by atoms with Crippen LogP contribution in [-0.4, -0.2) is 49.9 Å². The van der Waals surface area contributed by atoms with Crippen molar-refractivity contribution in [3.8, 4) is 0 Å². The Hall–Kier alpha value is -1.64. The summed E-state index contributed by atoms with van der Waals surface area (Å²) in [5.74, 6) is -0.227. The number of rotatable bonds is 2. The van der Waals surface area contributed by atoms with E-state index in [0.29, 0.717) is 31.9 Å². The van der Waals surface area contributed by atoms with Gasteiger partial charge in [-0.25, -0.2) is 0 Å². The number of benzene rings is 1. The van der Waals surface area contributed by atoms with Crippen LogP contribution in [-0.2, 0) is 20.4 Å². The van der Waals surface area contributed by atoms with Gasteiger partial charge in [0.05, 0.1) is 18.8 Å². The first-order valence-electron chi connectivity index (χ1n) is 7.37. The SMILES string of the molecule is O=C1NCC(c2ccc(C(F)(F)F)cc2)OC1N1CCOCC1. The zero-order chi connectivity index (χ0) is 16.4. The molecule has 0 aromatic heterocycles. The molecule has 0 aliphatic carbocycles. The van der Waals surface area contributed by atoms with Crippen LogP contribution in [0.5, 0.6) is 0 Å². The molecule has 1 aromatic rings. The quantitative estimate of drug-likeness (QED) is 0.894. The lowest BCUT2D eigenvalue weighted by molar-refractivity contribution is -0.173. The van der Waals surface area contributed by atoms with Gasteiger partial charge in [-0.15, -0.1) is 0 Å². The fourth-order valence-corrected chi connectivity index (χ4v) is 2.69. The zero-order valence-corrected chi connectivity index (χ0v) is 12.3. The Balaban J connectivity index is 1.71. The molecule has 2 aliphatic rings. The van der Waals surface area contributed by atoms with Gasteiger partial charge in [0, 0.05) is 19.6 Å². The molecule has 8 heteroatoms. The number of ether oxygens (including phenoxy) is 2. The molecule has 1 amide bonds. The van der Waals surface area contributed by atoms with E-state index in [-0.39, 0.29) is 12.5 Å². The molecule has 3 rings (SSSR count). The fraction of sp³-hybridized carbons (Fsp3) is 0.533. The molecule has 2 fully saturated rings. The highest BCUT2D eigenvalue weighted by atomic mass is 19.4. The number of halogens is 3. The van der Waals surface area contributed by atoms with E-state index >= 15 is 0 Å². The molecule has 0 radical (unpaired) electrons. The van der Waals surface area contributed by atoms with Gasteiger partial charge in [0.25, 0.3) is 5.91 Å². The Labute approximate surface area is 131 Å². The van der Waals surface area contributed by atoms with Crippen LogP contribution in [0.4, 0.5) is 13.2 Å². The first-order chi connectivity index (χ1) is 10.9. The molecule has 1 aromatic carbocycles. The first kappa shape index (κ1) is 16.2. The monoisotopic (exact) mass is 330 g/mol. The minimum absolute atomic E-state index is 0.227. The summed E-state index contributed by atoms with van der Waals surface area (Å²) < 4.78 is 48.9. The van der Waals surface area contributed by atoms with Crippen LogP contribution in [0.15, 0.2) is 24.3 Å². The summed E-state index contributed by atoms with van der Waals surface area (Å²) in [5.41, 5.74) is -0.0953. The van der Waals surface area contributed by atoms with E-state index in [0.717, 1.165) is 12.1 Å². The lowest BCUT2D eigenvalue weighted by atomic mass is 10.1. The molecule has 0 saturated carbocycles. The second kappa shape index (κ2) is 6.46. The van der Waals surface area contributed by atoms with Crippen molar-refractivity contribution in [3.05, 3.63) is 35.4 Å². The lowest BCUT2D eigenvalue weighted by Gasteiger charge is -2.38. The molecule has 23 heavy (non-hydrogen) atoms. The third kappa shape index (κ3) is 3.65. The number of alkyl halides is 3. The molecule has 126 valence electrons. The Kier molecular flexibility index (Phi) is 4.56. The normalized spacial score (nSPS) is 26.8. The van der Waals surface area contributed by atoms with Crippen molar-refractivity contribution in [2.45, 2.75) is 18.5 Å². The average molecular weight is 330 g/mol. The van der Waals surface area contributed by atoms with Gasteiger partial charge in [0.2, 0.25) is 0 Å². The van der Waals surface area contributed by atoms with Crippen molar-refractivity contribution >= 4 is 5.91 Å². The van der Waals surface area contributed by atoms with Crippen LogP contribution in [0.2, 0.25) is 0 Å². The average Bonchev–Trinajstić information content (AvgIpc) is 2.55. The highest BCUT2D eigenvalue weighted by Gasteiger charge is 2.36. The van der Waals surface area contributed by atoms with Gasteiger partial charge < -0.3 is 14.8 Å². The topological polar surface area (TPSA) is 50.8 Å². The van der Waals surface area contributed by atoms with Gasteiger partial charge in [-0.3, -0.25) is 9.69 Å². The summed E-state index contributed by atoms with van der Waals surface area (Å²) in [5, 5.41) is 2.75. The number of morpholine rings is 2. The van der Waals surface area contributed by atoms with E-state index in [1.165, 1.54) is 12.1 Å². The smallest absolute Gasteiger partial charge is 0.379 e. The molecule has 1 N–H and O–H groups in total. The van der Waals surface area contributed by atoms with Gasteiger partial charge in [0.15, 0.2) is 6.23 Å². The third-order valence-corrected chi connectivity index (χ3v) is 3.97. The molecule has 0 spiro atoms. The maximum atomic E-state index is 12.6. The molecular weight excluding hydrogens is 313 g/mol. The number of nitrogens with one attached hydrogen (secondary N) is 1. The summed E-state index contributed by atoms with van der Waals surface area (Å²) in [6.07, 6.45) is -5.57. The van der Waals surface area contributed by atoms with Crippen LogP contribution in [0, 0.1) is 0 Å². The Bertz CT molecular complexity index is 556. The van der Waals surface area contributed by atoms with Gasteiger partial charge in [-0.05, 0) is 17.7 Å². The number of hydrogen-bond acceptors (Lipinski definition) is 4. The van der Waals surface area contributed by atoms with Gasteiger partial charge >= 0.3 is 6.18 Å². The van der Waals surface area contributed by atoms with E-state index in [1.54, 1.807) is 0 Å². The van der Waals surface area contributed by atoms with Crippen LogP contribution in [0.3, 0.4) is 0 Å². The summed E-state index contributed by atoms with van der Waals surface area (Å²) in [6, 6.07) is 4.83. The van der Waals surface area contributed by atoms with Gasteiger partial charge in [0.1, 0.15) is 6.10 Å². The second-order valence-corrected chi connectivity index (χ2v) is 5.49. The van der Waals surface area contributed by atoms with Gasteiger partial charge in [-0.2, -0.15) is 13.2 Å². The molecule has 2 unspecified atom stereocenters. The van der Waals surface area contributed by atoms with Crippen molar-refractivity contribution in [1.29, 1.82) is 0 Å². The summed E-state index contributed by atoms with van der Waals surface area (Å²) in [6.45, 7) is 2.46. The zero-order valence-electron chi connectivity index (χ0n) is 12.3. The maximum Gasteiger partial charge on any atom is 0.416 e. The summed E-state index contributed by atoms with van der Waals surface area (Å²) in [7, 11) is 0. The third-order valence-electron chi connectivity index (χ3n) is 3.97. The summed E-state index contributed by atoms with van der Waals surface area (Å²) >= 11 is 0. The van der Waals surface area contributed by atoms with Crippen LogP contribution in [0.1, 0.15) is 17.2 Å². The molecule has 5 nitrogen and oxygen atoms in total. The predicted octanol–water partition coefficient (Wildman–Crippen LogP) is 1.55. The molecule has 2 saturated heterocycles. The number of carbonyl (C=O) groups is 1. The van der Waals surface area contributed by atoms with Crippen molar-refractivity contribution < 1.29 is 27.4 Å². The van der Waals surface area contributed by atoms with E-state index < -0.39 is 24.1 Å². The molecule has 0 bridgehead atoms. The highest BCUT2D eigenvalue weighted by Crippen LogP contribution is 2.31. The van der Waals surface area contributed by atoms with E-state index in [4.69, 9.17) is 9.47 Å². The number of hydrogen-bond donors (Lipinski definition) is 1. The minimum atomic E-state index is -4.36. The Morgan fingerprint density at radius 3 is 2.39 bits per heavy atom. The van der Waals surface area contributed by atoms with E-state index in [2.05, 4.69) is 5.32 Å². The van der Waals surface area contributed by atoms with Gasteiger partial charge in [-0.1, -0.05) is 12.1 Å². The van der Waals surface area contributed by atoms with Crippen molar-refractivity contribution in [2.75, 3.05) is 32.8 Å². The summed E-state index contributed by atoms with van der Waals surface area (Å²) in [4.78, 5) is 13.9. The lowest BCUT2D eigenvalue weighted by Crippen LogP contribution is -2.56. The highest BCUT2D eigenvalue weighted by molar-refractivity contribution is 5.81. The molecule has 2 aliphatic heterocycles.